The normalized spacial score (nSPS) is 11.0. The Morgan fingerprint density at radius 3 is 3.10 bits per heavy atom. The molecule has 0 amide bonds. The molecule has 0 aromatic carbocycles. The Kier molecular flexibility index (Phi) is 2.91. The molecule has 0 aliphatic carbocycles. The molecule has 10 heavy (non-hydrogen) atoms. The molecule has 0 aliphatic rings. The summed E-state index contributed by atoms with van der Waals surface area (Å²) in [7, 11) is 0. The zero-order valence-electron chi connectivity index (χ0n) is 5.96. The standard InChI is InChI=1S/C7H11AsN2/c1-8-7-4-6(5-9)2-3-10-7/h2-4,8H,5,9H2,1H3. The van der Waals surface area contributed by atoms with Gasteiger partial charge in [-0.25, -0.2) is 0 Å². The summed E-state index contributed by atoms with van der Waals surface area (Å²) < 4.78 is 1.24. The van der Waals surface area contributed by atoms with Gasteiger partial charge in [0.05, 0.1) is 0 Å². The molecule has 1 aromatic heterocycles. The summed E-state index contributed by atoms with van der Waals surface area (Å²) in [6, 6.07) is 4.06. The molecule has 0 saturated carbocycles. The molecule has 1 aromatic rings. The second kappa shape index (κ2) is 3.74. The molecular weight excluding hydrogens is 187 g/mol. The first kappa shape index (κ1) is 7.77. The van der Waals surface area contributed by atoms with Gasteiger partial charge in [-0.05, 0) is 0 Å². The van der Waals surface area contributed by atoms with Crippen molar-refractivity contribution in [2.24, 2.45) is 5.73 Å². The van der Waals surface area contributed by atoms with E-state index >= 15 is 0 Å². The van der Waals surface area contributed by atoms with Crippen molar-refractivity contribution in [3.8, 4) is 0 Å². The van der Waals surface area contributed by atoms with E-state index in [4.69, 9.17) is 5.73 Å². The van der Waals surface area contributed by atoms with E-state index in [1.165, 1.54) is 10.0 Å². The molecule has 1 atom stereocenters. The third-order valence-electron chi connectivity index (χ3n) is 1.32. The Hall–Kier alpha value is -0.332. The van der Waals surface area contributed by atoms with Crippen LogP contribution in [-0.4, -0.2) is 20.7 Å². The molecular formula is C7H11AsN2. The maximum atomic E-state index is 5.46. The van der Waals surface area contributed by atoms with E-state index in [-0.39, 0.29) is 15.8 Å². The van der Waals surface area contributed by atoms with E-state index in [0.29, 0.717) is 6.54 Å². The van der Waals surface area contributed by atoms with Crippen LogP contribution in [0.1, 0.15) is 5.56 Å². The van der Waals surface area contributed by atoms with Gasteiger partial charge >= 0.3 is 67.1 Å². The number of hydrogen-bond donors (Lipinski definition) is 1. The van der Waals surface area contributed by atoms with Crippen molar-refractivity contribution in [3.05, 3.63) is 23.9 Å². The van der Waals surface area contributed by atoms with E-state index < -0.39 is 0 Å². The molecule has 1 rings (SSSR count). The van der Waals surface area contributed by atoms with Crippen molar-refractivity contribution < 1.29 is 0 Å². The van der Waals surface area contributed by atoms with Crippen LogP contribution in [-0.2, 0) is 6.54 Å². The molecule has 0 radical (unpaired) electrons. The molecule has 0 saturated heterocycles. The van der Waals surface area contributed by atoms with Crippen LogP contribution in [0.3, 0.4) is 0 Å². The van der Waals surface area contributed by atoms with Gasteiger partial charge < -0.3 is 0 Å². The topological polar surface area (TPSA) is 38.9 Å². The van der Waals surface area contributed by atoms with Gasteiger partial charge in [-0.1, -0.05) is 0 Å². The number of nitrogens with two attached hydrogens (primary N) is 1. The van der Waals surface area contributed by atoms with Gasteiger partial charge in [-0.2, -0.15) is 0 Å². The summed E-state index contributed by atoms with van der Waals surface area (Å²) in [5.41, 5.74) is 8.86. The molecule has 54 valence electrons. The van der Waals surface area contributed by atoms with E-state index in [1.807, 2.05) is 12.3 Å². The zero-order valence-corrected chi connectivity index (χ0v) is 8.06. The number of aromatic nitrogens is 1. The fourth-order valence-corrected chi connectivity index (χ4v) is 1.86. The Bertz CT molecular complexity index is 193. The first-order valence-electron chi connectivity index (χ1n) is 3.19. The van der Waals surface area contributed by atoms with E-state index in [0.717, 1.165) is 0 Å². The van der Waals surface area contributed by atoms with E-state index in [1.54, 1.807) is 0 Å². The number of pyridine rings is 1. The molecule has 3 heteroatoms. The van der Waals surface area contributed by atoms with Crippen LogP contribution in [0.2, 0.25) is 5.71 Å². The average molecular weight is 198 g/mol. The third kappa shape index (κ3) is 1.83. The predicted molar refractivity (Wildman–Crippen MR) is 44.8 cm³/mol. The second-order valence-electron chi connectivity index (χ2n) is 2.00. The number of rotatable bonds is 2. The molecule has 1 heterocycles. The minimum atomic E-state index is 0.00250. The Balaban J connectivity index is 2.87. The van der Waals surface area contributed by atoms with Crippen LogP contribution < -0.4 is 10.2 Å². The molecule has 1 unspecified atom stereocenters. The molecule has 0 spiro atoms. The first-order valence-corrected chi connectivity index (χ1v) is 6.34. The van der Waals surface area contributed by atoms with E-state index in [2.05, 4.69) is 16.8 Å². The quantitative estimate of drug-likeness (QED) is 0.659. The van der Waals surface area contributed by atoms with Gasteiger partial charge in [0.2, 0.25) is 0 Å². The summed E-state index contributed by atoms with van der Waals surface area (Å²) in [6.45, 7) is 0.627. The third-order valence-corrected chi connectivity index (χ3v) is 2.96. The van der Waals surface area contributed by atoms with Gasteiger partial charge in [0.25, 0.3) is 0 Å². The summed E-state index contributed by atoms with van der Waals surface area (Å²) in [4.78, 5) is 4.21. The number of nitrogens with zero attached hydrogens (tertiary/aromatic N) is 1. The molecule has 0 aliphatic heterocycles. The Labute approximate surface area is 67.5 Å². The van der Waals surface area contributed by atoms with Crippen LogP contribution in [0.4, 0.5) is 0 Å². The van der Waals surface area contributed by atoms with Crippen LogP contribution in [0, 0.1) is 0 Å². The van der Waals surface area contributed by atoms with Gasteiger partial charge in [0.1, 0.15) is 0 Å². The van der Waals surface area contributed by atoms with Gasteiger partial charge in [0.15, 0.2) is 0 Å². The fraction of sp³-hybridized carbons (Fsp3) is 0.286. The summed E-state index contributed by atoms with van der Waals surface area (Å²) >= 11 is 0.00250. The fourth-order valence-electron chi connectivity index (χ4n) is 0.738. The van der Waals surface area contributed by atoms with Crippen LogP contribution >= 0.6 is 0 Å². The van der Waals surface area contributed by atoms with Crippen molar-refractivity contribution >= 4 is 20.2 Å². The van der Waals surface area contributed by atoms with Crippen molar-refractivity contribution in [2.45, 2.75) is 12.3 Å². The molecule has 0 fully saturated rings. The summed E-state index contributed by atoms with van der Waals surface area (Å²) in [5.74, 6) is 0. The van der Waals surface area contributed by atoms with Gasteiger partial charge in [0, 0.05) is 0 Å². The van der Waals surface area contributed by atoms with Gasteiger partial charge in [-0.3, -0.25) is 0 Å². The monoisotopic (exact) mass is 198 g/mol. The predicted octanol–water partition coefficient (Wildman–Crippen LogP) is -0.350. The average Bonchev–Trinajstić information content (AvgIpc) is 2.05. The molecule has 2 nitrogen and oxygen atoms in total. The minimum absolute atomic E-state index is 0.00250. The number of hydrogen-bond acceptors (Lipinski definition) is 2. The van der Waals surface area contributed by atoms with Crippen LogP contribution in [0.5, 0.6) is 0 Å². The molecule has 0 bridgehead atoms. The van der Waals surface area contributed by atoms with Crippen molar-refractivity contribution in [2.75, 3.05) is 0 Å². The van der Waals surface area contributed by atoms with E-state index in [9.17, 15) is 0 Å². The van der Waals surface area contributed by atoms with Crippen molar-refractivity contribution in [1.29, 1.82) is 0 Å². The first-order chi connectivity index (χ1) is 4.86. The molecule has 2 N–H and O–H groups in total. The van der Waals surface area contributed by atoms with Crippen LogP contribution in [0.15, 0.2) is 18.3 Å². The van der Waals surface area contributed by atoms with Crippen molar-refractivity contribution in [3.63, 3.8) is 0 Å². The van der Waals surface area contributed by atoms with Gasteiger partial charge in [-0.15, -0.1) is 0 Å². The maximum absolute atomic E-state index is 5.46. The summed E-state index contributed by atoms with van der Waals surface area (Å²) in [5, 5.41) is 0. The summed E-state index contributed by atoms with van der Waals surface area (Å²) in [6.07, 6.45) is 1.84. The van der Waals surface area contributed by atoms with Crippen molar-refractivity contribution in [1.82, 2.24) is 4.98 Å². The SMILES string of the molecule is C[AsH]c1cc(CN)ccn1. The van der Waals surface area contributed by atoms with Crippen LogP contribution in [0.25, 0.3) is 0 Å². The second-order valence-corrected chi connectivity index (χ2v) is 4.13. The zero-order chi connectivity index (χ0) is 7.40. The Morgan fingerprint density at radius 2 is 2.50 bits per heavy atom. The Morgan fingerprint density at radius 1 is 1.70 bits per heavy atom.